The Hall–Kier alpha value is -5.36. The minimum absolute atomic E-state index is 0.0244. The Morgan fingerprint density at radius 2 is 1.72 bits per heavy atom. The van der Waals surface area contributed by atoms with Gasteiger partial charge >= 0.3 is 6.18 Å². The Morgan fingerprint density at radius 3 is 2.28 bits per heavy atom. The van der Waals surface area contributed by atoms with Crippen molar-refractivity contribution in [3.63, 3.8) is 0 Å². The molecule has 2 aliphatic carbocycles. The molecule has 0 bridgehead atoms. The third-order valence-corrected chi connectivity index (χ3v) is 14.4. The van der Waals surface area contributed by atoms with Gasteiger partial charge in [0.15, 0.2) is 11.0 Å². The number of aryl methyl sites for hydroxylation is 1. The van der Waals surface area contributed by atoms with Crippen molar-refractivity contribution in [2.75, 3.05) is 19.0 Å². The molecular weight excluding hydrogens is 870 g/mol. The summed E-state index contributed by atoms with van der Waals surface area (Å²) in [6, 6.07) is 7.49. The van der Waals surface area contributed by atoms with Gasteiger partial charge < -0.3 is 25.0 Å². The van der Waals surface area contributed by atoms with Crippen molar-refractivity contribution in [2.45, 2.75) is 117 Å². The molecule has 2 aromatic carbocycles. The molecule has 2 saturated carbocycles. The number of fused-ring (bicyclic) bond motifs is 1. The summed E-state index contributed by atoms with van der Waals surface area (Å²) >= 11 is 1.44. The van der Waals surface area contributed by atoms with E-state index in [2.05, 4.69) is 15.4 Å². The van der Waals surface area contributed by atoms with Crippen LogP contribution in [-0.2, 0) is 36.3 Å². The number of anilines is 1. The lowest BCUT2D eigenvalue weighted by Crippen LogP contribution is -2.58. The van der Waals surface area contributed by atoms with E-state index in [1.54, 1.807) is 59.9 Å². The standard InChI is InChI=1S/C46H53F3N6O7S2/c1-10-26-21-45(26,41(58)54-64(60)42(59)44(8)17-18-44)53-38(56)33-19-29(22-55(33)40(57)37(43(5,6)7)50-28-13-11-27(12-14-28)46(47,48)49)62-35-20-31(39-52-32(23-63-39)24(2)3)51-36-25(4)34(61-9)16-15-30(35)36/h10-16,20,23-24,29,33,37,50H,17-19,21-22H2,1-9H3,(H,53,56)(H,54,58)/b26-10-/t29-,33+,37-,45-,64?/m1/s1. The number of allylic oxidation sites excluding steroid dienone is 1. The fourth-order valence-electron chi connectivity index (χ4n) is 7.89. The molecule has 0 radical (unpaired) electrons. The van der Waals surface area contributed by atoms with Crippen molar-refractivity contribution in [1.82, 2.24) is 24.9 Å². The lowest BCUT2D eigenvalue weighted by atomic mass is 9.85. The van der Waals surface area contributed by atoms with Gasteiger partial charge in [0.2, 0.25) is 16.9 Å². The van der Waals surface area contributed by atoms with E-state index in [9.17, 15) is 36.6 Å². The number of ether oxygens (including phenoxy) is 2. The smallest absolute Gasteiger partial charge is 0.416 e. The van der Waals surface area contributed by atoms with Gasteiger partial charge in [0.05, 0.1) is 30.4 Å². The summed E-state index contributed by atoms with van der Waals surface area (Å²) in [5, 5.41) is 8.67. The van der Waals surface area contributed by atoms with E-state index in [1.807, 2.05) is 32.2 Å². The molecule has 342 valence electrons. The van der Waals surface area contributed by atoms with Gasteiger partial charge in [-0.3, -0.25) is 23.9 Å². The first-order valence-electron chi connectivity index (χ1n) is 21.1. The van der Waals surface area contributed by atoms with E-state index in [-0.39, 0.29) is 31.0 Å². The molecule has 3 N–H and O–H groups in total. The number of hydrogen-bond donors (Lipinski definition) is 3. The second kappa shape index (κ2) is 17.2. The topological polar surface area (TPSA) is 169 Å². The quantitative estimate of drug-likeness (QED) is 0.118. The third-order valence-electron chi connectivity index (χ3n) is 12.3. The van der Waals surface area contributed by atoms with Gasteiger partial charge in [-0.2, -0.15) is 13.2 Å². The van der Waals surface area contributed by atoms with Crippen molar-refractivity contribution in [1.29, 1.82) is 0 Å². The predicted molar refractivity (Wildman–Crippen MR) is 239 cm³/mol. The van der Waals surface area contributed by atoms with Gasteiger partial charge in [0.1, 0.15) is 45.9 Å². The number of carbonyl (C=O) groups is 4. The summed E-state index contributed by atoms with van der Waals surface area (Å²) in [5.74, 6) is -0.819. The average molecular weight is 923 g/mol. The van der Waals surface area contributed by atoms with Gasteiger partial charge in [0, 0.05) is 46.3 Å². The van der Waals surface area contributed by atoms with Crippen LogP contribution >= 0.6 is 11.3 Å². The fourth-order valence-corrected chi connectivity index (χ4v) is 9.92. The Bertz CT molecular complexity index is 2570. The van der Waals surface area contributed by atoms with E-state index in [1.165, 1.54) is 28.4 Å². The third kappa shape index (κ3) is 9.26. The van der Waals surface area contributed by atoms with Crippen LogP contribution in [0.25, 0.3) is 21.6 Å². The molecule has 18 heteroatoms. The van der Waals surface area contributed by atoms with Crippen molar-refractivity contribution < 1.29 is 46.0 Å². The van der Waals surface area contributed by atoms with Gasteiger partial charge in [0.25, 0.3) is 5.91 Å². The van der Waals surface area contributed by atoms with E-state index < -0.39 is 80.1 Å². The molecule has 5 atom stereocenters. The number of rotatable bonds is 12. The van der Waals surface area contributed by atoms with Gasteiger partial charge in [-0.1, -0.05) is 47.6 Å². The molecule has 3 amide bonds. The van der Waals surface area contributed by atoms with Crippen LogP contribution in [0.2, 0.25) is 0 Å². The second-order valence-electron chi connectivity index (χ2n) is 18.5. The minimum Gasteiger partial charge on any atom is -0.496 e. The highest BCUT2D eigenvalue weighted by Crippen LogP contribution is 2.47. The fraction of sp³-hybridized carbons (Fsp3) is 0.478. The van der Waals surface area contributed by atoms with E-state index in [0.717, 1.165) is 23.4 Å². The number of methoxy groups -OCH3 is 1. The number of nitrogens with zero attached hydrogens (tertiary/aromatic N) is 3. The maximum Gasteiger partial charge on any atom is 0.416 e. The Labute approximate surface area is 376 Å². The van der Waals surface area contributed by atoms with Crippen LogP contribution in [0.3, 0.4) is 0 Å². The van der Waals surface area contributed by atoms with E-state index in [0.29, 0.717) is 51.5 Å². The van der Waals surface area contributed by atoms with Crippen LogP contribution in [0.1, 0.15) is 96.9 Å². The lowest BCUT2D eigenvalue weighted by molar-refractivity contribution is -0.141. The molecule has 64 heavy (non-hydrogen) atoms. The summed E-state index contributed by atoms with van der Waals surface area (Å²) < 4.78 is 68.2. The highest BCUT2D eigenvalue weighted by atomic mass is 32.2. The highest BCUT2D eigenvalue weighted by Gasteiger charge is 2.59. The SMILES string of the molecule is C/C=C1/C[C@]1(NC(=O)[C@@H]1C[C@@H](Oc2cc(-c3nc(C(C)C)cs3)nc3c(C)c(OC)ccc23)CN1C(=O)[C@@H](Nc1ccc(C(F)(F)F)cc1)C(C)(C)C)C(=O)NS(=O)C(=O)C1(C)CC1. The first-order chi connectivity index (χ1) is 30.0. The van der Waals surface area contributed by atoms with Gasteiger partial charge in [-0.25, -0.2) is 14.2 Å². The molecule has 2 aromatic heterocycles. The highest BCUT2D eigenvalue weighted by molar-refractivity contribution is 7.99. The minimum atomic E-state index is -4.56. The average Bonchev–Trinajstić information content (AvgIpc) is 4.01. The monoisotopic (exact) mass is 922 g/mol. The number of alkyl halides is 3. The summed E-state index contributed by atoms with van der Waals surface area (Å²) in [4.78, 5) is 67.5. The number of amides is 3. The zero-order valence-electron chi connectivity index (χ0n) is 37.2. The van der Waals surface area contributed by atoms with Crippen LogP contribution in [0.4, 0.5) is 18.9 Å². The summed E-state index contributed by atoms with van der Waals surface area (Å²) in [6.45, 7) is 14.7. The molecular formula is C46H53F3N6O7S2. The van der Waals surface area contributed by atoms with Gasteiger partial charge in [-0.15, -0.1) is 11.3 Å². The molecule has 13 nitrogen and oxygen atoms in total. The maximum atomic E-state index is 15.0. The molecule has 3 heterocycles. The number of nitrogens with one attached hydrogen (secondary N) is 3. The molecule has 0 spiro atoms. The normalized spacial score (nSPS) is 22.0. The molecule has 4 aromatic rings. The van der Waals surface area contributed by atoms with Gasteiger partial charge in [-0.05, 0) is 80.0 Å². The number of halogens is 3. The van der Waals surface area contributed by atoms with Crippen molar-refractivity contribution in [3.8, 4) is 22.2 Å². The lowest BCUT2D eigenvalue weighted by Gasteiger charge is -2.36. The van der Waals surface area contributed by atoms with Crippen molar-refractivity contribution in [3.05, 3.63) is 76.3 Å². The molecule has 3 aliphatic rings. The Kier molecular flexibility index (Phi) is 12.5. The predicted octanol–water partition coefficient (Wildman–Crippen LogP) is 8.00. The number of aromatic nitrogens is 2. The number of likely N-dealkylation sites (tertiary alicyclic amines) is 1. The molecule has 1 unspecified atom stereocenters. The second-order valence-corrected chi connectivity index (χ2v) is 20.4. The first kappa shape index (κ1) is 46.6. The Morgan fingerprint density at radius 1 is 1.03 bits per heavy atom. The largest absolute Gasteiger partial charge is 0.496 e. The number of hydrogen-bond acceptors (Lipinski definition) is 11. The Balaban J connectivity index is 1.24. The zero-order valence-corrected chi connectivity index (χ0v) is 38.8. The molecule has 3 fully saturated rings. The summed E-state index contributed by atoms with van der Waals surface area (Å²) in [6.07, 6.45) is -2.50. The summed E-state index contributed by atoms with van der Waals surface area (Å²) in [7, 11) is -0.780. The van der Waals surface area contributed by atoms with E-state index >= 15 is 0 Å². The summed E-state index contributed by atoms with van der Waals surface area (Å²) in [5.41, 5.74) is -0.460. The van der Waals surface area contributed by atoms with Crippen LogP contribution in [0.15, 0.2) is 59.5 Å². The van der Waals surface area contributed by atoms with E-state index in [4.69, 9.17) is 19.4 Å². The van der Waals surface area contributed by atoms with Crippen LogP contribution in [0.5, 0.6) is 11.5 Å². The number of carbonyl (C=O) groups excluding carboxylic acids is 4. The van der Waals surface area contributed by atoms with Crippen LogP contribution in [0, 0.1) is 17.8 Å². The number of benzene rings is 2. The van der Waals surface area contributed by atoms with Crippen LogP contribution < -0.4 is 24.8 Å². The zero-order chi connectivity index (χ0) is 46.7. The number of pyridine rings is 1. The number of thiazole rings is 1. The molecule has 7 rings (SSSR count). The van der Waals surface area contributed by atoms with Crippen molar-refractivity contribution in [2.24, 2.45) is 10.8 Å². The van der Waals surface area contributed by atoms with Crippen LogP contribution in [-0.4, -0.2) is 79.3 Å². The first-order valence-corrected chi connectivity index (χ1v) is 23.1. The van der Waals surface area contributed by atoms with Crippen molar-refractivity contribution >= 4 is 61.7 Å². The molecule has 1 saturated heterocycles. The molecule has 1 aliphatic heterocycles. The maximum absolute atomic E-state index is 15.0.